The van der Waals surface area contributed by atoms with Crippen molar-refractivity contribution in [2.75, 3.05) is 32.1 Å². The summed E-state index contributed by atoms with van der Waals surface area (Å²) in [4.78, 5) is 25.7. The van der Waals surface area contributed by atoms with Gasteiger partial charge in [0, 0.05) is 35.3 Å². The van der Waals surface area contributed by atoms with Crippen molar-refractivity contribution in [2.45, 2.75) is 31.9 Å². The van der Waals surface area contributed by atoms with Crippen LogP contribution < -0.4 is 21.1 Å². The monoisotopic (exact) mass is 528 g/mol. The number of ether oxygens (including phenoxy) is 1. The number of pyridine rings is 1. The van der Waals surface area contributed by atoms with Gasteiger partial charge in [-0.15, -0.1) is 0 Å². The Hall–Kier alpha value is -3.31. The van der Waals surface area contributed by atoms with Gasteiger partial charge in [0.15, 0.2) is 0 Å². The number of aromatic nitrogens is 1. The highest BCUT2D eigenvalue weighted by molar-refractivity contribution is 6.31. The number of anilines is 1. The van der Waals surface area contributed by atoms with Crippen molar-refractivity contribution in [3.63, 3.8) is 0 Å². The molecule has 0 saturated carbocycles. The first-order valence-electron chi connectivity index (χ1n) is 11.1. The Kier molecular flexibility index (Phi) is 11.0. The Morgan fingerprint density at radius 2 is 1.78 bits per heavy atom. The number of benzene rings is 2. The lowest BCUT2D eigenvalue weighted by Crippen LogP contribution is -2.26. The third-order valence-electron chi connectivity index (χ3n) is 5.04. The second kappa shape index (κ2) is 13.7. The maximum absolute atomic E-state index is 12.1. The molecule has 0 fully saturated rings. The van der Waals surface area contributed by atoms with E-state index in [1.165, 1.54) is 0 Å². The number of hydrogen-bond acceptors (Lipinski definition) is 6. The van der Waals surface area contributed by atoms with Crippen LogP contribution in [0.4, 0.5) is 18.9 Å². The van der Waals surface area contributed by atoms with Crippen LogP contribution in [-0.2, 0) is 9.59 Å². The molecule has 2 aromatic carbocycles. The van der Waals surface area contributed by atoms with E-state index < -0.39 is 12.1 Å². The Labute approximate surface area is 211 Å². The molecule has 3 aromatic rings. The van der Waals surface area contributed by atoms with Crippen LogP contribution in [0.15, 0.2) is 36.4 Å². The summed E-state index contributed by atoms with van der Waals surface area (Å²) in [7, 11) is 1.64. The fraction of sp³-hybridized carbons (Fsp3) is 0.375. The van der Waals surface area contributed by atoms with E-state index in [-0.39, 0.29) is 5.91 Å². The van der Waals surface area contributed by atoms with Gasteiger partial charge in [-0.3, -0.25) is 4.79 Å². The number of alkyl halides is 3. The molecule has 0 unspecified atom stereocenters. The lowest BCUT2D eigenvalue weighted by molar-refractivity contribution is -0.192. The molecule has 0 bridgehead atoms. The van der Waals surface area contributed by atoms with Gasteiger partial charge in [-0.1, -0.05) is 18.0 Å². The number of carbonyl (C=O) groups is 2. The third-order valence-corrected chi connectivity index (χ3v) is 5.28. The Bertz CT molecular complexity index is 1190. The summed E-state index contributed by atoms with van der Waals surface area (Å²) in [6.07, 6.45) is -1.71. The number of carboxylic acids is 1. The average molecular weight is 529 g/mol. The number of unbranched alkanes of at least 4 members (excludes halogenated alkanes) is 2. The van der Waals surface area contributed by atoms with Gasteiger partial charge in [-0.2, -0.15) is 13.2 Å². The Morgan fingerprint density at radius 1 is 1.06 bits per heavy atom. The van der Waals surface area contributed by atoms with E-state index in [9.17, 15) is 18.0 Å². The van der Waals surface area contributed by atoms with Crippen LogP contribution >= 0.6 is 11.6 Å². The van der Waals surface area contributed by atoms with Crippen LogP contribution in [0.25, 0.3) is 21.8 Å². The third kappa shape index (κ3) is 8.72. The van der Waals surface area contributed by atoms with E-state index >= 15 is 0 Å². The molecular formula is C24H28ClF3N4O4. The van der Waals surface area contributed by atoms with Crippen molar-refractivity contribution in [3.05, 3.63) is 41.4 Å². The van der Waals surface area contributed by atoms with E-state index in [4.69, 9.17) is 37.0 Å². The van der Waals surface area contributed by atoms with Gasteiger partial charge in [0.1, 0.15) is 5.75 Å². The lowest BCUT2D eigenvalue weighted by atomic mass is 10.1. The number of halogens is 4. The molecule has 0 saturated heterocycles. The van der Waals surface area contributed by atoms with Gasteiger partial charge >= 0.3 is 12.1 Å². The minimum Gasteiger partial charge on any atom is -0.497 e. The predicted octanol–water partition coefficient (Wildman–Crippen LogP) is 4.73. The molecule has 0 radical (unpaired) electrons. The summed E-state index contributed by atoms with van der Waals surface area (Å²) >= 11 is 6.16. The standard InChI is InChI=1S/C22H27ClN4O2.C2HF3O2/c1-29-16-6-8-19-18(14-16)22(17-7-5-15(23)13-20(17)27-19)26-12-9-21(28)25-11-4-2-3-10-24;3-2(4,5)1(6)7/h5-8,13-14H,2-4,9-12,24H2,1H3,(H,25,28)(H,26,27);(H,6,7). The number of carbonyl (C=O) groups excluding carboxylic acids is 1. The Morgan fingerprint density at radius 3 is 2.42 bits per heavy atom. The smallest absolute Gasteiger partial charge is 0.490 e. The zero-order valence-corrected chi connectivity index (χ0v) is 20.4. The second-order valence-corrected chi connectivity index (χ2v) is 8.15. The molecule has 196 valence electrons. The second-order valence-electron chi connectivity index (χ2n) is 7.71. The quantitative estimate of drug-likeness (QED) is 0.221. The molecule has 1 aromatic heterocycles. The number of nitrogens with two attached hydrogens (primary N) is 1. The summed E-state index contributed by atoms with van der Waals surface area (Å²) in [5.41, 5.74) is 8.06. The van der Waals surface area contributed by atoms with Crippen molar-refractivity contribution in [2.24, 2.45) is 5.73 Å². The topological polar surface area (TPSA) is 127 Å². The highest BCUT2D eigenvalue weighted by Gasteiger charge is 2.38. The number of aliphatic carboxylic acids is 1. The summed E-state index contributed by atoms with van der Waals surface area (Å²) < 4.78 is 37.1. The molecule has 0 aliphatic carbocycles. The van der Waals surface area contributed by atoms with Crippen LogP contribution in [-0.4, -0.2) is 54.9 Å². The largest absolute Gasteiger partial charge is 0.497 e. The Balaban J connectivity index is 0.000000572. The van der Waals surface area contributed by atoms with Gasteiger partial charge in [-0.25, -0.2) is 9.78 Å². The fourth-order valence-corrected chi connectivity index (χ4v) is 3.44. The molecule has 1 heterocycles. The van der Waals surface area contributed by atoms with E-state index in [1.807, 2.05) is 36.4 Å². The molecule has 8 nitrogen and oxygen atoms in total. The molecule has 0 spiro atoms. The van der Waals surface area contributed by atoms with Gasteiger partial charge in [-0.05, 0) is 55.8 Å². The van der Waals surface area contributed by atoms with Crippen molar-refractivity contribution in [1.29, 1.82) is 0 Å². The fourth-order valence-electron chi connectivity index (χ4n) is 3.28. The van der Waals surface area contributed by atoms with Crippen LogP contribution in [0.3, 0.4) is 0 Å². The number of methoxy groups -OCH3 is 1. The van der Waals surface area contributed by atoms with Crippen LogP contribution in [0.2, 0.25) is 5.02 Å². The summed E-state index contributed by atoms with van der Waals surface area (Å²) in [6, 6.07) is 11.4. The zero-order chi connectivity index (χ0) is 26.7. The van der Waals surface area contributed by atoms with Crippen molar-refractivity contribution >= 4 is 51.0 Å². The summed E-state index contributed by atoms with van der Waals surface area (Å²) in [5, 5.41) is 16.0. The van der Waals surface area contributed by atoms with E-state index in [2.05, 4.69) is 10.6 Å². The molecular weight excluding hydrogens is 501 g/mol. The molecule has 36 heavy (non-hydrogen) atoms. The number of nitrogens with one attached hydrogen (secondary N) is 2. The first-order valence-corrected chi connectivity index (χ1v) is 11.5. The van der Waals surface area contributed by atoms with Crippen molar-refractivity contribution < 1.29 is 32.6 Å². The minimum atomic E-state index is -5.08. The SMILES string of the molecule is COc1ccc2nc3cc(Cl)ccc3c(NCCC(=O)NCCCCCN)c2c1.O=C(O)C(F)(F)F. The maximum Gasteiger partial charge on any atom is 0.490 e. The summed E-state index contributed by atoms with van der Waals surface area (Å²) in [5.74, 6) is -1.97. The van der Waals surface area contributed by atoms with Crippen LogP contribution in [0, 0.1) is 0 Å². The molecule has 3 rings (SSSR count). The maximum atomic E-state index is 12.1. The normalized spacial score (nSPS) is 11.1. The van der Waals surface area contributed by atoms with Crippen molar-refractivity contribution in [3.8, 4) is 5.75 Å². The number of fused-ring (bicyclic) bond motifs is 2. The number of hydrogen-bond donors (Lipinski definition) is 4. The minimum absolute atomic E-state index is 0.0357. The highest BCUT2D eigenvalue weighted by Crippen LogP contribution is 2.34. The molecule has 12 heteroatoms. The van der Waals surface area contributed by atoms with Gasteiger partial charge in [0.25, 0.3) is 0 Å². The van der Waals surface area contributed by atoms with Crippen LogP contribution in [0.1, 0.15) is 25.7 Å². The first kappa shape index (κ1) is 28.9. The number of nitrogens with zero attached hydrogens (tertiary/aromatic N) is 1. The van der Waals surface area contributed by atoms with E-state index in [0.29, 0.717) is 31.1 Å². The predicted molar refractivity (Wildman–Crippen MR) is 134 cm³/mol. The van der Waals surface area contributed by atoms with Crippen molar-refractivity contribution in [1.82, 2.24) is 10.3 Å². The first-order chi connectivity index (χ1) is 17.1. The number of amides is 1. The van der Waals surface area contributed by atoms with Gasteiger partial charge in [0.05, 0.1) is 23.8 Å². The lowest BCUT2D eigenvalue weighted by Gasteiger charge is -2.14. The van der Waals surface area contributed by atoms with E-state index in [0.717, 1.165) is 52.5 Å². The van der Waals surface area contributed by atoms with Gasteiger partial charge in [0.2, 0.25) is 5.91 Å². The number of carboxylic acid groups (broad SMARTS) is 1. The molecule has 0 aliphatic heterocycles. The van der Waals surface area contributed by atoms with Gasteiger partial charge < -0.3 is 26.2 Å². The zero-order valence-electron chi connectivity index (χ0n) is 19.6. The molecule has 0 aliphatic rings. The molecule has 5 N–H and O–H groups in total. The summed E-state index contributed by atoms with van der Waals surface area (Å²) in [6.45, 7) is 1.90. The highest BCUT2D eigenvalue weighted by atomic mass is 35.5. The van der Waals surface area contributed by atoms with Crippen LogP contribution in [0.5, 0.6) is 5.75 Å². The number of rotatable bonds is 10. The molecule has 0 atom stereocenters. The van der Waals surface area contributed by atoms with E-state index in [1.54, 1.807) is 7.11 Å². The average Bonchev–Trinajstić information content (AvgIpc) is 2.82. The molecule has 1 amide bonds.